The number of likely N-dealkylation sites (tertiary alicyclic amines) is 1. The quantitative estimate of drug-likeness (QED) is 0.351. The Balaban J connectivity index is 1.26. The van der Waals surface area contributed by atoms with Crippen LogP contribution in [0.2, 0.25) is 0 Å². The molecule has 4 N–H and O–H groups in total. The van der Waals surface area contributed by atoms with Gasteiger partial charge in [0.1, 0.15) is 0 Å². The number of nitrogens with one attached hydrogen (secondary N) is 4. The molecule has 1 saturated heterocycles. The van der Waals surface area contributed by atoms with Gasteiger partial charge < -0.3 is 25.8 Å². The summed E-state index contributed by atoms with van der Waals surface area (Å²) in [6, 6.07) is 14.4. The first-order chi connectivity index (χ1) is 15.6. The molecule has 3 aromatic rings. The summed E-state index contributed by atoms with van der Waals surface area (Å²) >= 11 is 0. The van der Waals surface area contributed by atoms with E-state index in [1.165, 1.54) is 22.0 Å². The molecule has 0 spiro atoms. The van der Waals surface area contributed by atoms with Crippen LogP contribution in [-0.2, 0) is 13.0 Å². The lowest BCUT2D eigenvalue weighted by Crippen LogP contribution is -2.37. The number of guanidine groups is 1. The van der Waals surface area contributed by atoms with Crippen molar-refractivity contribution in [2.75, 3.05) is 32.0 Å². The fourth-order valence-electron chi connectivity index (χ4n) is 4.11. The van der Waals surface area contributed by atoms with E-state index in [4.69, 9.17) is 0 Å². The Morgan fingerprint density at radius 3 is 2.78 bits per heavy atom. The molecular weight excluding hydrogens is 400 g/mol. The maximum Gasteiger partial charge on any atom is 0.321 e. The molecule has 1 aliphatic heterocycles. The number of benzene rings is 2. The third kappa shape index (κ3) is 5.41. The number of fused-ring (bicyclic) bond motifs is 1. The highest BCUT2D eigenvalue weighted by molar-refractivity contribution is 5.89. The summed E-state index contributed by atoms with van der Waals surface area (Å²) in [6.45, 7) is 5.20. The number of carbonyl (C=O) groups excluding carboxylic acids is 1. The Bertz CT molecular complexity index is 1100. The number of rotatable bonds is 6. The van der Waals surface area contributed by atoms with Gasteiger partial charge in [0, 0.05) is 56.0 Å². The van der Waals surface area contributed by atoms with Crippen molar-refractivity contribution in [3.63, 3.8) is 0 Å². The minimum absolute atomic E-state index is 0.0162. The highest BCUT2D eigenvalue weighted by atomic mass is 16.2. The minimum Gasteiger partial charge on any atom is -0.361 e. The number of nitrogens with zero attached hydrogens (tertiary/aromatic N) is 2. The third-order valence-corrected chi connectivity index (χ3v) is 5.86. The Kier molecular flexibility index (Phi) is 6.94. The summed E-state index contributed by atoms with van der Waals surface area (Å²) in [5, 5.41) is 11.0. The molecule has 2 aromatic carbocycles. The molecule has 2 amide bonds. The third-order valence-electron chi connectivity index (χ3n) is 5.86. The Hall–Kier alpha value is -3.48. The molecule has 0 atom stereocenters. The van der Waals surface area contributed by atoms with Crippen LogP contribution in [0.1, 0.15) is 29.5 Å². The second-order valence-corrected chi connectivity index (χ2v) is 8.29. The Morgan fingerprint density at radius 2 is 1.97 bits per heavy atom. The first-order valence-electron chi connectivity index (χ1n) is 11.3. The normalized spacial score (nSPS) is 14.1. The number of hydrogen-bond donors (Lipinski definition) is 4. The summed E-state index contributed by atoms with van der Waals surface area (Å²) in [5.74, 6) is 0.757. The molecule has 32 heavy (non-hydrogen) atoms. The van der Waals surface area contributed by atoms with Gasteiger partial charge in [-0.2, -0.15) is 0 Å². The smallest absolute Gasteiger partial charge is 0.321 e. The zero-order valence-electron chi connectivity index (χ0n) is 18.9. The van der Waals surface area contributed by atoms with Crippen LogP contribution in [0, 0.1) is 6.92 Å². The number of aryl methyl sites for hydroxylation is 1. The number of aromatic amines is 1. The number of urea groups is 1. The monoisotopic (exact) mass is 432 g/mol. The molecule has 7 nitrogen and oxygen atoms in total. The van der Waals surface area contributed by atoms with Gasteiger partial charge in [-0.25, -0.2) is 4.79 Å². The SMILES string of the molecule is CN=C(NCCc1c[nH]c2cc(C)ccc12)NCc1cccc(NC(=O)N2CCCC2)c1. The van der Waals surface area contributed by atoms with Gasteiger partial charge in [-0.05, 0) is 61.1 Å². The second-order valence-electron chi connectivity index (χ2n) is 8.29. The lowest BCUT2D eigenvalue weighted by atomic mass is 10.1. The second kappa shape index (κ2) is 10.2. The number of carbonyl (C=O) groups is 1. The number of aromatic nitrogens is 1. The van der Waals surface area contributed by atoms with Crippen molar-refractivity contribution in [3.8, 4) is 0 Å². The predicted octanol–water partition coefficient (Wildman–Crippen LogP) is 4.01. The van der Waals surface area contributed by atoms with Crippen LogP contribution >= 0.6 is 0 Å². The van der Waals surface area contributed by atoms with E-state index >= 15 is 0 Å². The van der Waals surface area contributed by atoms with E-state index in [2.05, 4.69) is 57.2 Å². The zero-order chi connectivity index (χ0) is 22.3. The van der Waals surface area contributed by atoms with Crippen LogP contribution in [0.25, 0.3) is 10.9 Å². The van der Waals surface area contributed by atoms with Crippen LogP contribution < -0.4 is 16.0 Å². The lowest BCUT2D eigenvalue weighted by molar-refractivity contribution is 0.222. The summed E-state index contributed by atoms with van der Waals surface area (Å²) in [5.41, 5.74) is 5.63. The van der Waals surface area contributed by atoms with Crippen LogP contribution in [0.3, 0.4) is 0 Å². The molecule has 0 radical (unpaired) electrons. The highest BCUT2D eigenvalue weighted by Crippen LogP contribution is 2.19. The largest absolute Gasteiger partial charge is 0.361 e. The van der Waals surface area contributed by atoms with E-state index < -0.39 is 0 Å². The maximum absolute atomic E-state index is 12.3. The van der Waals surface area contributed by atoms with Crippen molar-refractivity contribution < 1.29 is 4.79 Å². The molecule has 0 aliphatic carbocycles. The number of amides is 2. The van der Waals surface area contributed by atoms with Crippen molar-refractivity contribution >= 4 is 28.6 Å². The van der Waals surface area contributed by atoms with E-state index in [1.54, 1.807) is 7.05 Å². The zero-order valence-corrected chi connectivity index (χ0v) is 18.9. The van der Waals surface area contributed by atoms with Gasteiger partial charge in [-0.3, -0.25) is 4.99 Å². The van der Waals surface area contributed by atoms with Gasteiger partial charge in [0.25, 0.3) is 0 Å². The minimum atomic E-state index is -0.0162. The van der Waals surface area contributed by atoms with Gasteiger partial charge in [0.05, 0.1) is 0 Å². The molecule has 168 valence electrons. The molecule has 2 heterocycles. The van der Waals surface area contributed by atoms with E-state index in [0.29, 0.717) is 6.54 Å². The van der Waals surface area contributed by atoms with Gasteiger partial charge in [0.15, 0.2) is 5.96 Å². The maximum atomic E-state index is 12.3. The molecule has 1 aromatic heterocycles. The molecule has 1 fully saturated rings. The number of aliphatic imine (C=N–C) groups is 1. The lowest BCUT2D eigenvalue weighted by Gasteiger charge is -2.17. The molecule has 7 heteroatoms. The van der Waals surface area contributed by atoms with Crippen LogP contribution in [-0.4, -0.2) is 48.6 Å². The molecule has 4 rings (SSSR count). The number of H-pyrrole nitrogens is 1. The molecule has 0 bridgehead atoms. The topological polar surface area (TPSA) is 84.5 Å². The average Bonchev–Trinajstić information content (AvgIpc) is 3.47. The highest BCUT2D eigenvalue weighted by Gasteiger charge is 2.17. The molecular formula is C25H32N6O. The standard InChI is InChI=1S/C25H32N6O/c1-18-8-9-22-20(17-28-23(22)14-18)10-11-27-24(26-2)29-16-19-6-5-7-21(15-19)30-25(32)31-12-3-4-13-31/h5-9,14-15,17,28H,3-4,10-13,16H2,1-2H3,(H,30,32)(H2,26,27,29). The van der Waals surface area contributed by atoms with Crippen LogP contribution in [0.4, 0.5) is 10.5 Å². The summed E-state index contributed by atoms with van der Waals surface area (Å²) < 4.78 is 0. The van der Waals surface area contributed by atoms with Crippen LogP contribution in [0.5, 0.6) is 0 Å². The van der Waals surface area contributed by atoms with Gasteiger partial charge in [-0.15, -0.1) is 0 Å². The first kappa shape index (κ1) is 21.7. The summed E-state index contributed by atoms with van der Waals surface area (Å²) in [7, 11) is 1.77. The fourth-order valence-corrected chi connectivity index (χ4v) is 4.11. The Labute approximate surface area is 189 Å². The summed E-state index contributed by atoms with van der Waals surface area (Å²) in [6.07, 6.45) is 5.17. The number of anilines is 1. The van der Waals surface area contributed by atoms with Crippen LogP contribution in [0.15, 0.2) is 53.7 Å². The first-order valence-corrected chi connectivity index (χ1v) is 11.3. The van der Waals surface area contributed by atoms with Gasteiger partial charge in [0.2, 0.25) is 0 Å². The van der Waals surface area contributed by atoms with Gasteiger partial charge in [-0.1, -0.05) is 24.3 Å². The molecule has 1 aliphatic rings. The van der Waals surface area contributed by atoms with Crippen molar-refractivity contribution in [2.45, 2.75) is 32.7 Å². The van der Waals surface area contributed by atoms with E-state index in [1.807, 2.05) is 29.2 Å². The Morgan fingerprint density at radius 1 is 1.12 bits per heavy atom. The van der Waals surface area contributed by atoms with Crippen molar-refractivity contribution in [3.05, 3.63) is 65.4 Å². The van der Waals surface area contributed by atoms with Crippen molar-refractivity contribution in [1.29, 1.82) is 0 Å². The predicted molar refractivity (Wildman–Crippen MR) is 131 cm³/mol. The molecule has 0 saturated carbocycles. The van der Waals surface area contributed by atoms with E-state index in [9.17, 15) is 4.79 Å². The number of hydrogen-bond acceptors (Lipinski definition) is 2. The molecule has 0 unspecified atom stereocenters. The fraction of sp³-hybridized carbons (Fsp3) is 0.360. The van der Waals surface area contributed by atoms with Crippen molar-refractivity contribution in [1.82, 2.24) is 20.5 Å². The average molecular weight is 433 g/mol. The van der Waals surface area contributed by atoms with E-state index in [-0.39, 0.29) is 6.03 Å². The van der Waals surface area contributed by atoms with Crippen molar-refractivity contribution in [2.24, 2.45) is 4.99 Å². The van der Waals surface area contributed by atoms with E-state index in [0.717, 1.165) is 56.1 Å². The summed E-state index contributed by atoms with van der Waals surface area (Å²) in [4.78, 5) is 21.9. The van der Waals surface area contributed by atoms with Gasteiger partial charge >= 0.3 is 6.03 Å².